The second-order valence-corrected chi connectivity index (χ2v) is 7.95. The topological polar surface area (TPSA) is 46.4 Å². The maximum atomic E-state index is 12.4. The van der Waals surface area contributed by atoms with Crippen molar-refractivity contribution in [1.29, 1.82) is 0 Å². The van der Waals surface area contributed by atoms with Crippen LogP contribution in [-0.2, 0) is 13.0 Å². The number of benzene rings is 2. The van der Waals surface area contributed by atoms with Crippen molar-refractivity contribution in [2.75, 3.05) is 18.4 Å². The minimum Gasteiger partial charge on any atom is -0.331 e. The number of hydrogen-bond donors (Lipinski definition) is 2. The Bertz CT molecular complexity index is 902. The summed E-state index contributed by atoms with van der Waals surface area (Å²) >= 11 is 0. The van der Waals surface area contributed by atoms with E-state index < -0.39 is 0 Å². The summed E-state index contributed by atoms with van der Waals surface area (Å²) in [5.41, 5.74) is 4.14. The lowest BCUT2D eigenvalue weighted by Gasteiger charge is -2.29. The van der Waals surface area contributed by atoms with Crippen LogP contribution in [0.4, 0.5) is 5.69 Å². The van der Waals surface area contributed by atoms with Gasteiger partial charge in [0.25, 0.3) is 5.91 Å². The fourth-order valence-electron chi connectivity index (χ4n) is 4.12. The Kier molecular flexibility index (Phi) is 6.32. The molecule has 2 N–H and O–H groups in total. The van der Waals surface area contributed by atoms with Gasteiger partial charge in [0.05, 0.1) is 25.0 Å². The molecule has 0 atom stereocenters. The largest absolute Gasteiger partial charge is 0.331 e. The second-order valence-electron chi connectivity index (χ2n) is 7.95. The van der Waals surface area contributed by atoms with Crippen LogP contribution in [0.3, 0.4) is 0 Å². The monoisotopic (exact) mass is 386 g/mol. The van der Waals surface area contributed by atoms with Gasteiger partial charge in [-0.05, 0) is 55.0 Å². The van der Waals surface area contributed by atoms with Crippen molar-refractivity contribution in [3.63, 3.8) is 0 Å². The highest BCUT2D eigenvalue weighted by Crippen LogP contribution is 2.17. The van der Waals surface area contributed by atoms with E-state index in [-0.39, 0.29) is 5.91 Å². The summed E-state index contributed by atoms with van der Waals surface area (Å²) in [4.78, 5) is 18.0. The lowest BCUT2D eigenvalue weighted by atomic mass is 9.90. The zero-order valence-electron chi connectivity index (χ0n) is 16.7. The molecule has 4 heteroatoms. The summed E-state index contributed by atoms with van der Waals surface area (Å²) in [5.74, 6) is 0.707. The van der Waals surface area contributed by atoms with Gasteiger partial charge < -0.3 is 10.2 Å². The Labute approximate surface area is 172 Å². The molecule has 1 saturated heterocycles. The van der Waals surface area contributed by atoms with Crippen LogP contribution in [0.15, 0.2) is 79.1 Å². The molecule has 2 heterocycles. The van der Waals surface area contributed by atoms with Crippen molar-refractivity contribution in [3.8, 4) is 0 Å². The third-order valence-corrected chi connectivity index (χ3v) is 5.77. The van der Waals surface area contributed by atoms with Crippen molar-refractivity contribution < 1.29 is 9.69 Å². The first-order valence-electron chi connectivity index (χ1n) is 10.4. The van der Waals surface area contributed by atoms with Crippen LogP contribution in [0.5, 0.6) is 0 Å². The van der Waals surface area contributed by atoms with Crippen molar-refractivity contribution in [2.24, 2.45) is 5.92 Å². The molecule has 1 fully saturated rings. The number of anilines is 1. The number of amides is 1. The molecule has 0 saturated carbocycles. The van der Waals surface area contributed by atoms with E-state index in [0.29, 0.717) is 11.3 Å². The van der Waals surface area contributed by atoms with Gasteiger partial charge in [-0.25, -0.2) is 0 Å². The van der Waals surface area contributed by atoms with E-state index in [1.54, 1.807) is 17.3 Å². The number of hydrogen-bond acceptors (Lipinski definition) is 2. The van der Waals surface area contributed by atoms with Gasteiger partial charge in [0.1, 0.15) is 6.54 Å². The van der Waals surface area contributed by atoms with Crippen LogP contribution in [0, 0.1) is 5.92 Å². The Balaban J connectivity index is 1.26. The Morgan fingerprint density at radius 1 is 0.931 bits per heavy atom. The molecule has 3 aromatic rings. The summed E-state index contributed by atoms with van der Waals surface area (Å²) in [7, 11) is 0. The number of rotatable bonds is 6. The number of nitrogens with one attached hydrogen (secondary N) is 2. The summed E-state index contributed by atoms with van der Waals surface area (Å²) < 4.78 is 0. The van der Waals surface area contributed by atoms with Gasteiger partial charge in [0.15, 0.2) is 0 Å². The van der Waals surface area contributed by atoms with Crippen molar-refractivity contribution in [1.82, 2.24) is 4.98 Å². The molecule has 148 valence electrons. The molecule has 0 aliphatic carbocycles. The number of quaternary nitrogens is 1. The van der Waals surface area contributed by atoms with Crippen LogP contribution >= 0.6 is 0 Å². The third kappa shape index (κ3) is 5.52. The van der Waals surface area contributed by atoms with Gasteiger partial charge in [0.2, 0.25) is 0 Å². The third-order valence-electron chi connectivity index (χ3n) is 5.77. The molecule has 1 aromatic heterocycles. The molecule has 29 heavy (non-hydrogen) atoms. The lowest BCUT2D eigenvalue weighted by Crippen LogP contribution is -3.11. The van der Waals surface area contributed by atoms with Crippen molar-refractivity contribution in [2.45, 2.75) is 25.8 Å². The van der Waals surface area contributed by atoms with Gasteiger partial charge in [-0.15, -0.1) is 0 Å². The van der Waals surface area contributed by atoms with E-state index in [4.69, 9.17) is 0 Å². The van der Waals surface area contributed by atoms with Gasteiger partial charge in [-0.3, -0.25) is 9.78 Å². The summed E-state index contributed by atoms with van der Waals surface area (Å²) in [6.07, 6.45) is 7.12. The molecule has 0 spiro atoms. The SMILES string of the molecule is O=C(Nc1cccnc1)c1ccc(C[NH+]2CCC(Cc3ccccc3)CC2)cc1. The average Bonchev–Trinajstić information content (AvgIpc) is 2.77. The highest BCUT2D eigenvalue weighted by molar-refractivity contribution is 6.04. The van der Waals surface area contributed by atoms with Gasteiger partial charge in [0, 0.05) is 17.3 Å². The summed E-state index contributed by atoms with van der Waals surface area (Å²) in [6.45, 7) is 3.48. The van der Waals surface area contributed by atoms with Crippen LogP contribution in [0.25, 0.3) is 0 Å². The number of piperidine rings is 1. The fourth-order valence-corrected chi connectivity index (χ4v) is 4.12. The second kappa shape index (κ2) is 9.48. The molecule has 0 unspecified atom stereocenters. The fraction of sp³-hybridized carbons (Fsp3) is 0.280. The normalized spacial score (nSPS) is 18.9. The van der Waals surface area contributed by atoms with Gasteiger partial charge >= 0.3 is 0 Å². The van der Waals surface area contributed by atoms with E-state index >= 15 is 0 Å². The first kappa shape index (κ1) is 19.3. The first-order valence-corrected chi connectivity index (χ1v) is 10.4. The predicted octanol–water partition coefficient (Wildman–Crippen LogP) is 3.37. The molecule has 1 amide bonds. The molecule has 1 aliphatic rings. The Morgan fingerprint density at radius 2 is 1.69 bits per heavy atom. The summed E-state index contributed by atoms with van der Waals surface area (Å²) in [5, 5.41) is 2.88. The minimum absolute atomic E-state index is 0.0985. The lowest BCUT2D eigenvalue weighted by molar-refractivity contribution is -0.919. The highest BCUT2D eigenvalue weighted by Gasteiger charge is 2.22. The van der Waals surface area contributed by atoms with Crippen LogP contribution < -0.4 is 10.2 Å². The smallest absolute Gasteiger partial charge is 0.255 e. The first-order chi connectivity index (χ1) is 14.3. The zero-order chi connectivity index (χ0) is 19.9. The van der Waals surface area contributed by atoms with Crippen LogP contribution in [-0.4, -0.2) is 24.0 Å². The van der Waals surface area contributed by atoms with Gasteiger partial charge in [-0.1, -0.05) is 42.5 Å². The van der Waals surface area contributed by atoms with E-state index in [9.17, 15) is 4.79 Å². The Morgan fingerprint density at radius 3 is 2.38 bits per heavy atom. The maximum Gasteiger partial charge on any atom is 0.255 e. The predicted molar refractivity (Wildman–Crippen MR) is 116 cm³/mol. The van der Waals surface area contributed by atoms with E-state index in [2.05, 4.69) is 52.8 Å². The highest BCUT2D eigenvalue weighted by atomic mass is 16.1. The number of carbonyl (C=O) groups is 1. The average molecular weight is 387 g/mol. The standard InChI is InChI=1S/C25H27N3O/c29-25(27-24-7-4-14-26-18-24)23-10-8-22(9-11-23)19-28-15-12-21(13-16-28)17-20-5-2-1-3-6-20/h1-11,14,18,21H,12-13,15-17,19H2,(H,27,29)/p+1. The quantitative estimate of drug-likeness (QED) is 0.682. The van der Waals surface area contributed by atoms with Crippen LogP contribution in [0.1, 0.15) is 34.3 Å². The molecule has 1 aliphatic heterocycles. The minimum atomic E-state index is -0.0985. The molecule has 4 rings (SSSR count). The zero-order valence-corrected chi connectivity index (χ0v) is 16.7. The number of likely N-dealkylation sites (tertiary alicyclic amines) is 1. The Hall–Kier alpha value is -2.98. The molecular formula is C25H28N3O+. The number of carbonyl (C=O) groups excluding carboxylic acids is 1. The number of pyridine rings is 1. The van der Waals surface area contributed by atoms with Crippen molar-refractivity contribution >= 4 is 11.6 Å². The van der Waals surface area contributed by atoms with E-state index in [0.717, 1.165) is 12.5 Å². The number of aromatic nitrogens is 1. The molecule has 0 radical (unpaired) electrons. The molecule has 2 aromatic carbocycles. The molecule has 4 nitrogen and oxygen atoms in total. The van der Waals surface area contributed by atoms with E-state index in [1.165, 1.54) is 43.5 Å². The summed E-state index contributed by atoms with van der Waals surface area (Å²) in [6, 6.07) is 22.5. The van der Waals surface area contributed by atoms with E-state index in [1.807, 2.05) is 24.3 Å². The maximum absolute atomic E-state index is 12.4. The molecular weight excluding hydrogens is 358 g/mol. The number of nitrogens with zero attached hydrogens (tertiary/aromatic N) is 1. The molecule has 0 bridgehead atoms. The van der Waals surface area contributed by atoms with Crippen molar-refractivity contribution in [3.05, 3.63) is 95.8 Å². The van der Waals surface area contributed by atoms with Gasteiger partial charge in [-0.2, -0.15) is 0 Å². The van der Waals surface area contributed by atoms with Crippen LogP contribution in [0.2, 0.25) is 0 Å².